The molecule has 0 radical (unpaired) electrons. The molecule has 0 saturated heterocycles. The average Bonchev–Trinajstić information content (AvgIpc) is 2.83. The zero-order valence-electron chi connectivity index (χ0n) is 6.79. The lowest BCUT2D eigenvalue weighted by Crippen LogP contribution is -1.87. The fourth-order valence-electron chi connectivity index (χ4n) is 1.09. The SMILES string of the molecule is ClCCCc1nc(C2CC2)no1. The third-order valence-electron chi connectivity index (χ3n) is 1.95. The van der Waals surface area contributed by atoms with Gasteiger partial charge in [-0.3, -0.25) is 0 Å². The van der Waals surface area contributed by atoms with E-state index in [0.29, 0.717) is 11.8 Å². The van der Waals surface area contributed by atoms with Gasteiger partial charge >= 0.3 is 0 Å². The van der Waals surface area contributed by atoms with Gasteiger partial charge in [0.05, 0.1) is 0 Å². The lowest BCUT2D eigenvalue weighted by molar-refractivity contribution is 0.372. The maximum absolute atomic E-state index is 5.54. The zero-order valence-corrected chi connectivity index (χ0v) is 7.55. The first-order valence-corrected chi connectivity index (χ1v) is 4.82. The second-order valence-corrected chi connectivity index (χ2v) is 3.49. The van der Waals surface area contributed by atoms with Crippen LogP contribution in [0.2, 0.25) is 0 Å². The van der Waals surface area contributed by atoms with Crippen LogP contribution in [0.5, 0.6) is 0 Å². The molecule has 0 unspecified atom stereocenters. The summed E-state index contributed by atoms with van der Waals surface area (Å²) < 4.78 is 5.05. The van der Waals surface area contributed by atoms with Gasteiger partial charge in [0, 0.05) is 18.2 Å². The number of nitrogens with zero attached hydrogens (tertiary/aromatic N) is 2. The molecule has 1 fully saturated rings. The Hall–Kier alpha value is -0.570. The van der Waals surface area contributed by atoms with Crippen molar-refractivity contribution in [3.63, 3.8) is 0 Å². The van der Waals surface area contributed by atoms with Crippen molar-refractivity contribution in [1.29, 1.82) is 0 Å². The molecule has 1 aliphatic rings. The molecule has 66 valence electrons. The molecule has 0 spiro atoms. The van der Waals surface area contributed by atoms with Crippen LogP contribution in [0.4, 0.5) is 0 Å². The minimum absolute atomic E-state index is 0.582. The zero-order chi connectivity index (χ0) is 8.39. The minimum Gasteiger partial charge on any atom is -0.339 e. The van der Waals surface area contributed by atoms with Gasteiger partial charge in [0.15, 0.2) is 5.82 Å². The fraction of sp³-hybridized carbons (Fsp3) is 0.750. The van der Waals surface area contributed by atoms with Crippen molar-refractivity contribution in [2.24, 2.45) is 0 Å². The van der Waals surface area contributed by atoms with Gasteiger partial charge in [-0.05, 0) is 19.3 Å². The van der Waals surface area contributed by atoms with Crippen LogP contribution in [0.25, 0.3) is 0 Å². The van der Waals surface area contributed by atoms with Gasteiger partial charge < -0.3 is 4.52 Å². The summed E-state index contributed by atoms with van der Waals surface area (Å²) in [6.45, 7) is 0. The topological polar surface area (TPSA) is 38.9 Å². The monoisotopic (exact) mass is 186 g/mol. The third-order valence-corrected chi connectivity index (χ3v) is 2.22. The van der Waals surface area contributed by atoms with Gasteiger partial charge in [-0.1, -0.05) is 5.16 Å². The molecule has 2 rings (SSSR count). The van der Waals surface area contributed by atoms with E-state index in [2.05, 4.69) is 10.1 Å². The maximum atomic E-state index is 5.54. The first-order chi connectivity index (χ1) is 5.90. The van der Waals surface area contributed by atoms with Crippen molar-refractivity contribution < 1.29 is 4.52 Å². The smallest absolute Gasteiger partial charge is 0.226 e. The van der Waals surface area contributed by atoms with E-state index in [1.165, 1.54) is 12.8 Å². The number of aromatic nitrogens is 2. The molecule has 0 aliphatic heterocycles. The van der Waals surface area contributed by atoms with E-state index >= 15 is 0 Å². The molecule has 0 bridgehead atoms. The largest absolute Gasteiger partial charge is 0.339 e. The predicted molar refractivity (Wildman–Crippen MR) is 45.3 cm³/mol. The van der Waals surface area contributed by atoms with E-state index in [-0.39, 0.29) is 0 Å². The molecule has 3 nitrogen and oxygen atoms in total. The Morgan fingerprint density at radius 2 is 2.33 bits per heavy atom. The molecule has 12 heavy (non-hydrogen) atoms. The normalized spacial score (nSPS) is 16.8. The van der Waals surface area contributed by atoms with Crippen LogP contribution in [0.15, 0.2) is 4.52 Å². The molecule has 0 N–H and O–H groups in total. The highest BCUT2D eigenvalue weighted by Crippen LogP contribution is 2.38. The summed E-state index contributed by atoms with van der Waals surface area (Å²) in [5.41, 5.74) is 0. The van der Waals surface area contributed by atoms with Crippen molar-refractivity contribution in [1.82, 2.24) is 10.1 Å². The second kappa shape index (κ2) is 3.44. The predicted octanol–water partition coefficient (Wildman–Crippen LogP) is 2.12. The fourth-order valence-corrected chi connectivity index (χ4v) is 1.23. The molecule has 0 aromatic carbocycles. The van der Waals surface area contributed by atoms with Crippen molar-refractivity contribution in [2.75, 3.05) is 5.88 Å². The average molecular weight is 187 g/mol. The highest BCUT2D eigenvalue weighted by molar-refractivity contribution is 6.17. The van der Waals surface area contributed by atoms with Gasteiger partial charge in [-0.15, -0.1) is 11.6 Å². The van der Waals surface area contributed by atoms with Crippen molar-refractivity contribution in [3.8, 4) is 0 Å². The quantitative estimate of drug-likeness (QED) is 0.677. The number of halogens is 1. The standard InChI is InChI=1S/C8H11ClN2O/c9-5-1-2-7-10-8(11-12-7)6-3-4-6/h6H,1-5H2. The lowest BCUT2D eigenvalue weighted by Gasteiger charge is -1.86. The molecular formula is C8H11ClN2O. The van der Waals surface area contributed by atoms with Crippen molar-refractivity contribution >= 4 is 11.6 Å². The van der Waals surface area contributed by atoms with Crippen LogP contribution < -0.4 is 0 Å². The van der Waals surface area contributed by atoms with E-state index in [1.807, 2.05) is 0 Å². The van der Waals surface area contributed by atoms with Crippen LogP contribution in [-0.4, -0.2) is 16.0 Å². The Bertz CT molecular complexity index is 257. The molecular weight excluding hydrogens is 176 g/mol. The molecule has 1 aromatic heterocycles. The summed E-state index contributed by atoms with van der Waals surface area (Å²) in [6.07, 6.45) is 4.15. The minimum atomic E-state index is 0.582. The third kappa shape index (κ3) is 1.78. The van der Waals surface area contributed by atoms with Crippen molar-refractivity contribution in [2.45, 2.75) is 31.6 Å². The van der Waals surface area contributed by atoms with Crippen LogP contribution in [0.3, 0.4) is 0 Å². The molecule has 1 aliphatic carbocycles. The van der Waals surface area contributed by atoms with E-state index in [1.54, 1.807) is 0 Å². The number of rotatable bonds is 4. The summed E-state index contributed by atoms with van der Waals surface area (Å²) in [5, 5.41) is 3.90. The van der Waals surface area contributed by atoms with E-state index in [4.69, 9.17) is 16.1 Å². The van der Waals surface area contributed by atoms with Gasteiger partial charge in [0.25, 0.3) is 0 Å². The molecule has 4 heteroatoms. The van der Waals surface area contributed by atoms with Crippen molar-refractivity contribution in [3.05, 3.63) is 11.7 Å². The van der Waals surface area contributed by atoms with Gasteiger partial charge in [0.1, 0.15) is 0 Å². The Kier molecular flexibility index (Phi) is 2.30. The molecule has 1 aromatic rings. The molecule has 0 amide bonds. The number of alkyl halides is 1. The Morgan fingerprint density at radius 1 is 1.50 bits per heavy atom. The van der Waals surface area contributed by atoms with E-state index in [0.717, 1.165) is 24.6 Å². The van der Waals surface area contributed by atoms with Gasteiger partial charge in [-0.25, -0.2) is 0 Å². The lowest BCUT2D eigenvalue weighted by atomic mass is 10.3. The van der Waals surface area contributed by atoms with Gasteiger partial charge in [-0.2, -0.15) is 4.98 Å². The van der Waals surface area contributed by atoms with E-state index in [9.17, 15) is 0 Å². The number of hydrogen-bond donors (Lipinski definition) is 0. The Morgan fingerprint density at radius 3 is 3.00 bits per heavy atom. The maximum Gasteiger partial charge on any atom is 0.226 e. The highest BCUT2D eigenvalue weighted by atomic mass is 35.5. The van der Waals surface area contributed by atoms with Crippen LogP contribution in [0.1, 0.15) is 36.9 Å². The summed E-state index contributed by atoms with van der Waals surface area (Å²) in [5.74, 6) is 2.86. The molecule has 1 saturated carbocycles. The van der Waals surface area contributed by atoms with Gasteiger partial charge in [0.2, 0.25) is 5.89 Å². The summed E-state index contributed by atoms with van der Waals surface area (Å²) in [6, 6.07) is 0. The van der Waals surface area contributed by atoms with Crippen LogP contribution >= 0.6 is 11.6 Å². The molecule has 1 heterocycles. The van der Waals surface area contributed by atoms with Crippen LogP contribution in [-0.2, 0) is 6.42 Å². The summed E-state index contributed by atoms with van der Waals surface area (Å²) >= 11 is 5.54. The number of aryl methyl sites for hydroxylation is 1. The molecule has 0 atom stereocenters. The first kappa shape index (κ1) is 8.05. The Balaban J connectivity index is 1.93. The van der Waals surface area contributed by atoms with E-state index < -0.39 is 0 Å². The van der Waals surface area contributed by atoms with Crippen LogP contribution in [0, 0.1) is 0 Å². The Labute approximate surface area is 76.1 Å². The summed E-state index contributed by atoms with van der Waals surface area (Å²) in [7, 11) is 0. The first-order valence-electron chi connectivity index (χ1n) is 4.28. The summed E-state index contributed by atoms with van der Waals surface area (Å²) in [4.78, 5) is 4.27. The highest BCUT2D eigenvalue weighted by Gasteiger charge is 2.28. The number of hydrogen-bond acceptors (Lipinski definition) is 3. The second-order valence-electron chi connectivity index (χ2n) is 3.11.